The molecule has 3 aliphatic rings. The summed E-state index contributed by atoms with van der Waals surface area (Å²) in [4.78, 5) is 2.52. The Morgan fingerprint density at radius 3 is 1.50 bits per heavy atom. The number of hydrogen-bond acceptors (Lipinski definition) is 5. The van der Waals surface area contributed by atoms with Crippen molar-refractivity contribution >= 4 is 35.6 Å². The zero-order valence-electron chi connectivity index (χ0n) is 11.6. The number of fused-ring (bicyclic) bond motifs is 4. The maximum absolute atomic E-state index is 5.70. The van der Waals surface area contributed by atoms with E-state index < -0.39 is 0 Å². The second kappa shape index (κ2) is 5.01. The summed E-state index contributed by atoms with van der Waals surface area (Å²) in [6.07, 6.45) is 0. The second-order valence-corrected chi connectivity index (χ2v) is 8.45. The molecule has 0 atom stereocenters. The summed E-state index contributed by atoms with van der Waals surface area (Å²) < 4.78 is 25.5. The average Bonchev–Trinajstić information content (AvgIpc) is 2.56. The van der Waals surface area contributed by atoms with Gasteiger partial charge in [-0.25, -0.2) is 0 Å². The van der Waals surface area contributed by atoms with E-state index in [1.807, 2.05) is 0 Å². The van der Waals surface area contributed by atoms with E-state index >= 15 is 0 Å². The molecule has 0 spiro atoms. The van der Waals surface area contributed by atoms with E-state index in [4.69, 9.17) is 18.9 Å². The molecule has 0 amide bonds. The number of rotatable bonds is 0. The molecule has 0 aromatic heterocycles. The third kappa shape index (κ3) is 2.06. The molecule has 2 aromatic carbocycles. The summed E-state index contributed by atoms with van der Waals surface area (Å²) in [5, 5.41) is 0. The van der Waals surface area contributed by atoms with Crippen molar-refractivity contribution in [1.82, 2.24) is 0 Å². The molecular formula is C16H12O4SSe. The predicted molar refractivity (Wildman–Crippen MR) is 84.0 cm³/mol. The molecular weight excluding hydrogens is 367 g/mol. The molecule has 3 aliphatic heterocycles. The van der Waals surface area contributed by atoms with Crippen LogP contribution < -0.4 is 27.9 Å². The van der Waals surface area contributed by atoms with Gasteiger partial charge >= 0.3 is 138 Å². The van der Waals surface area contributed by atoms with Crippen molar-refractivity contribution < 1.29 is 18.9 Å². The van der Waals surface area contributed by atoms with Crippen molar-refractivity contribution in [3.05, 3.63) is 24.3 Å². The maximum atomic E-state index is 5.70. The van der Waals surface area contributed by atoms with Crippen LogP contribution in [0.2, 0.25) is 0 Å². The van der Waals surface area contributed by atoms with Gasteiger partial charge in [0.2, 0.25) is 0 Å². The molecule has 2 aromatic rings. The Bertz CT molecular complexity index is 650. The molecule has 0 fully saturated rings. The number of benzene rings is 2. The average molecular weight is 379 g/mol. The van der Waals surface area contributed by atoms with E-state index in [1.54, 1.807) is 11.8 Å². The fourth-order valence-corrected chi connectivity index (χ4v) is 6.37. The van der Waals surface area contributed by atoms with Crippen LogP contribution in [0.25, 0.3) is 0 Å². The van der Waals surface area contributed by atoms with Crippen LogP contribution in [0.15, 0.2) is 34.1 Å². The molecule has 0 saturated carbocycles. The van der Waals surface area contributed by atoms with Gasteiger partial charge in [-0.1, -0.05) is 0 Å². The predicted octanol–water partition coefficient (Wildman–Crippen LogP) is 1.35. The molecule has 0 saturated heterocycles. The quantitative estimate of drug-likeness (QED) is 0.552. The van der Waals surface area contributed by atoms with Gasteiger partial charge in [-0.3, -0.25) is 0 Å². The van der Waals surface area contributed by atoms with E-state index in [9.17, 15) is 0 Å². The Kier molecular flexibility index (Phi) is 2.96. The van der Waals surface area contributed by atoms with Gasteiger partial charge in [0.15, 0.2) is 0 Å². The molecule has 0 bridgehead atoms. The molecule has 22 heavy (non-hydrogen) atoms. The minimum atomic E-state index is 0.238. The van der Waals surface area contributed by atoms with Crippen LogP contribution in [0.5, 0.6) is 23.0 Å². The number of ether oxygens (including phenoxy) is 4. The zero-order valence-corrected chi connectivity index (χ0v) is 14.1. The fourth-order valence-electron chi connectivity index (χ4n) is 2.66. The number of hydrogen-bond donors (Lipinski definition) is 0. The monoisotopic (exact) mass is 380 g/mol. The fraction of sp³-hybridized carbons (Fsp3) is 0.250. The molecule has 0 radical (unpaired) electrons. The van der Waals surface area contributed by atoms with Gasteiger partial charge in [0.05, 0.1) is 0 Å². The molecule has 0 N–H and O–H groups in total. The first kappa shape index (κ1) is 13.0. The van der Waals surface area contributed by atoms with Crippen molar-refractivity contribution in [3.8, 4) is 23.0 Å². The summed E-state index contributed by atoms with van der Waals surface area (Å²) in [5.74, 6) is 3.45. The van der Waals surface area contributed by atoms with Crippen LogP contribution in [-0.4, -0.2) is 41.4 Å². The SMILES string of the molecule is c1c2c(cc3c1Sc1cc4c(cc1[Se]3)OCCO4)OCCO2. The molecule has 6 heteroatoms. The molecule has 0 unspecified atom stereocenters. The van der Waals surface area contributed by atoms with Crippen molar-refractivity contribution in [3.63, 3.8) is 0 Å². The molecule has 112 valence electrons. The summed E-state index contributed by atoms with van der Waals surface area (Å²) in [7, 11) is 0. The van der Waals surface area contributed by atoms with Gasteiger partial charge in [0.1, 0.15) is 0 Å². The molecule has 5 rings (SSSR count). The summed E-state index contributed by atoms with van der Waals surface area (Å²) in [6.45, 7) is 2.50. The Morgan fingerprint density at radius 2 is 1.05 bits per heavy atom. The third-order valence-electron chi connectivity index (χ3n) is 3.66. The van der Waals surface area contributed by atoms with Gasteiger partial charge in [0, 0.05) is 0 Å². The van der Waals surface area contributed by atoms with Gasteiger partial charge in [0.25, 0.3) is 0 Å². The Morgan fingerprint density at radius 1 is 0.636 bits per heavy atom. The second-order valence-electron chi connectivity index (χ2n) is 5.09. The summed E-state index contributed by atoms with van der Waals surface area (Å²) in [5.41, 5.74) is 0. The summed E-state index contributed by atoms with van der Waals surface area (Å²) >= 11 is 2.01. The van der Waals surface area contributed by atoms with Crippen LogP contribution in [0, 0.1) is 0 Å². The van der Waals surface area contributed by atoms with Crippen molar-refractivity contribution in [2.24, 2.45) is 0 Å². The first-order chi connectivity index (χ1) is 10.9. The Balaban J connectivity index is 1.58. The Hall–Kier alpha value is -1.49. The third-order valence-corrected chi connectivity index (χ3v) is 7.70. The van der Waals surface area contributed by atoms with Crippen molar-refractivity contribution in [1.29, 1.82) is 0 Å². The van der Waals surface area contributed by atoms with Gasteiger partial charge in [-0.15, -0.1) is 0 Å². The van der Waals surface area contributed by atoms with Crippen LogP contribution in [0.1, 0.15) is 0 Å². The zero-order chi connectivity index (χ0) is 14.5. The summed E-state index contributed by atoms with van der Waals surface area (Å²) in [6, 6.07) is 8.49. The van der Waals surface area contributed by atoms with E-state index in [0.717, 1.165) is 23.0 Å². The topological polar surface area (TPSA) is 36.9 Å². The van der Waals surface area contributed by atoms with Crippen LogP contribution in [-0.2, 0) is 0 Å². The van der Waals surface area contributed by atoms with Crippen LogP contribution in [0.3, 0.4) is 0 Å². The van der Waals surface area contributed by atoms with E-state index in [2.05, 4.69) is 24.3 Å². The Labute approximate surface area is 138 Å². The van der Waals surface area contributed by atoms with Crippen LogP contribution >= 0.6 is 11.8 Å². The van der Waals surface area contributed by atoms with Crippen molar-refractivity contribution in [2.45, 2.75) is 9.79 Å². The van der Waals surface area contributed by atoms with Gasteiger partial charge in [-0.05, 0) is 0 Å². The van der Waals surface area contributed by atoms with Crippen molar-refractivity contribution in [2.75, 3.05) is 26.4 Å². The molecule has 4 nitrogen and oxygen atoms in total. The van der Waals surface area contributed by atoms with Gasteiger partial charge in [-0.2, -0.15) is 0 Å². The van der Waals surface area contributed by atoms with E-state index in [1.165, 1.54) is 18.7 Å². The van der Waals surface area contributed by atoms with Gasteiger partial charge < -0.3 is 0 Å². The molecule has 3 heterocycles. The minimum absolute atomic E-state index is 0.238. The first-order valence-electron chi connectivity index (χ1n) is 7.10. The van der Waals surface area contributed by atoms with E-state index in [0.29, 0.717) is 26.4 Å². The standard InChI is InChI=1S/C16H12O4SSe/c1-3-19-11-7-15-13(5-9(11)17-1)21-14-6-10-12(8-16(14)22-15)20-4-2-18-10/h5-8H,1-4H2. The first-order valence-corrected chi connectivity index (χ1v) is 9.63. The normalized spacial score (nSPS) is 17.5. The van der Waals surface area contributed by atoms with E-state index in [-0.39, 0.29) is 15.0 Å². The molecule has 0 aliphatic carbocycles. The van der Waals surface area contributed by atoms with Crippen LogP contribution in [0.4, 0.5) is 0 Å².